The first-order valence-electron chi connectivity index (χ1n) is 5.82. The van der Waals surface area contributed by atoms with Gasteiger partial charge in [-0.1, -0.05) is 18.2 Å². The predicted octanol–water partition coefficient (Wildman–Crippen LogP) is 1.22. The Bertz CT molecular complexity index is 657. The molecular formula is C14H12N2O2. The second-order valence-electron chi connectivity index (χ2n) is 4.32. The second-order valence-corrected chi connectivity index (χ2v) is 4.32. The SMILES string of the molecule is NCCc1ccc2c3c(cccc13)C(=O)NC2=O. The Labute approximate surface area is 104 Å². The molecule has 0 atom stereocenters. The highest BCUT2D eigenvalue weighted by Crippen LogP contribution is 2.29. The van der Waals surface area contributed by atoms with Crippen molar-refractivity contribution in [2.75, 3.05) is 6.54 Å². The maximum absolute atomic E-state index is 11.8. The van der Waals surface area contributed by atoms with Crippen LogP contribution in [0.1, 0.15) is 26.3 Å². The Morgan fingerprint density at radius 2 is 1.72 bits per heavy atom. The number of carbonyl (C=O) groups excluding carboxylic acids is 2. The van der Waals surface area contributed by atoms with Gasteiger partial charge >= 0.3 is 0 Å². The molecule has 0 fully saturated rings. The van der Waals surface area contributed by atoms with Crippen LogP contribution in [-0.4, -0.2) is 18.4 Å². The molecule has 1 heterocycles. The van der Waals surface area contributed by atoms with Gasteiger partial charge in [-0.15, -0.1) is 0 Å². The normalized spacial score (nSPS) is 13.8. The molecule has 0 aliphatic carbocycles. The van der Waals surface area contributed by atoms with Gasteiger partial charge in [-0.05, 0) is 36.0 Å². The third-order valence-electron chi connectivity index (χ3n) is 3.26. The van der Waals surface area contributed by atoms with Gasteiger partial charge in [0.1, 0.15) is 0 Å². The molecule has 0 bridgehead atoms. The molecule has 90 valence electrons. The smallest absolute Gasteiger partial charge is 0.258 e. The third-order valence-corrected chi connectivity index (χ3v) is 3.26. The van der Waals surface area contributed by atoms with Crippen LogP contribution in [-0.2, 0) is 6.42 Å². The topological polar surface area (TPSA) is 72.2 Å². The highest BCUT2D eigenvalue weighted by molar-refractivity contribution is 6.25. The van der Waals surface area contributed by atoms with Crippen molar-refractivity contribution in [3.8, 4) is 0 Å². The summed E-state index contributed by atoms with van der Waals surface area (Å²) in [4.78, 5) is 23.6. The van der Waals surface area contributed by atoms with Crippen molar-refractivity contribution in [3.05, 3.63) is 47.0 Å². The van der Waals surface area contributed by atoms with E-state index in [9.17, 15) is 9.59 Å². The fraction of sp³-hybridized carbons (Fsp3) is 0.143. The molecule has 2 amide bonds. The molecule has 0 saturated carbocycles. The predicted molar refractivity (Wildman–Crippen MR) is 68.5 cm³/mol. The molecule has 3 rings (SSSR count). The molecule has 4 heteroatoms. The number of nitrogens with two attached hydrogens (primary N) is 1. The van der Waals surface area contributed by atoms with Crippen LogP contribution in [0.25, 0.3) is 10.8 Å². The van der Waals surface area contributed by atoms with Gasteiger partial charge in [0.15, 0.2) is 0 Å². The molecule has 1 aliphatic rings. The summed E-state index contributed by atoms with van der Waals surface area (Å²) in [5, 5.41) is 4.03. The van der Waals surface area contributed by atoms with Crippen molar-refractivity contribution >= 4 is 22.6 Å². The Hall–Kier alpha value is -2.20. The summed E-state index contributed by atoms with van der Waals surface area (Å²) >= 11 is 0. The minimum Gasteiger partial charge on any atom is -0.330 e. The van der Waals surface area contributed by atoms with Crippen LogP contribution in [0.2, 0.25) is 0 Å². The minimum atomic E-state index is -0.331. The van der Waals surface area contributed by atoms with Gasteiger partial charge in [0.05, 0.1) is 0 Å². The van der Waals surface area contributed by atoms with Gasteiger partial charge in [0, 0.05) is 16.5 Å². The summed E-state index contributed by atoms with van der Waals surface area (Å²) in [6.07, 6.45) is 0.732. The molecular weight excluding hydrogens is 228 g/mol. The Kier molecular flexibility index (Phi) is 2.38. The first-order valence-corrected chi connectivity index (χ1v) is 5.82. The molecule has 0 radical (unpaired) electrons. The van der Waals surface area contributed by atoms with Crippen LogP contribution < -0.4 is 11.1 Å². The molecule has 0 spiro atoms. The van der Waals surface area contributed by atoms with E-state index in [1.54, 1.807) is 12.1 Å². The van der Waals surface area contributed by atoms with Crippen LogP contribution in [0.3, 0.4) is 0 Å². The van der Waals surface area contributed by atoms with Gasteiger partial charge in [-0.25, -0.2) is 0 Å². The third kappa shape index (κ3) is 1.43. The van der Waals surface area contributed by atoms with Gasteiger partial charge in [-0.2, -0.15) is 0 Å². The van der Waals surface area contributed by atoms with Gasteiger partial charge in [0.2, 0.25) is 0 Å². The van der Waals surface area contributed by atoms with Gasteiger partial charge < -0.3 is 5.73 Å². The number of amides is 2. The van der Waals surface area contributed by atoms with Crippen LogP contribution in [0.4, 0.5) is 0 Å². The molecule has 18 heavy (non-hydrogen) atoms. The van der Waals surface area contributed by atoms with Crippen LogP contribution in [0, 0.1) is 0 Å². The Balaban J connectivity index is 2.41. The standard InChI is InChI=1S/C14H12N2O2/c15-7-6-8-4-5-11-12-9(8)2-1-3-10(12)13(17)16-14(11)18/h1-5H,6-7,15H2,(H,16,17,18). The lowest BCUT2D eigenvalue weighted by Gasteiger charge is -2.18. The number of hydrogen-bond donors (Lipinski definition) is 2. The maximum atomic E-state index is 11.8. The first-order chi connectivity index (χ1) is 8.72. The van der Waals surface area contributed by atoms with E-state index in [1.807, 2.05) is 18.2 Å². The molecule has 4 nitrogen and oxygen atoms in total. The fourth-order valence-electron chi connectivity index (χ4n) is 2.46. The number of rotatable bonds is 2. The summed E-state index contributed by atoms with van der Waals surface area (Å²) < 4.78 is 0. The molecule has 2 aromatic carbocycles. The lowest BCUT2D eigenvalue weighted by atomic mass is 9.91. The number of hydrogen-bond acceptors (Lipinski definition) is 3. The largest absolute Gasteiger partial charge is 0.330 e. The van der Waals surface area contributed by atoms with Crippen LogP contribution in [0.5, 0.6) is 0 Å². The molecule has 3 N–H and O–H groups in total. The lowest BCUT2D eigenvalue weighted by molar-refractivity contribution is 0.0845. The molecule has 2 aromatic rings. The summed E-state index contributed by atoms with van der Waals surface area (Å²) in [5.41, 5.74) is 7.77. The minimum absolute atomic E-state index is 0.331. The van der Waals surface area contributed by atoms with Crippen molar-refractivity contribution in [2.45, 2.75) is 6.42 Å². The maximum Gasteiger partial charge on any atom is 0.258 e. The zero-order chi connectivity index (χ0) is 12.7. The fourth-order valence-corrected chi connectivity index (χ4v) is 2.46. The van der Waals surface area contributed by atoms with Crippen molar-refractivity contribution in [1.29, 1.82) is 0 Å². The Morgan fingerprint density at radius 3 is 2.44 bits per heavy atom. The van der Waals surface area contributed by atoms with E-state index in [0.29, 0.717) is 17.7 Å². The lowest BCUT2D eigenvalue weighted by Crippen LogP contribution is -2.34. The van der Waals surface area contributed by atoms with E-state index < -0.39 is 0 Å². The summed E-state index contributed by atoms with van der Waals surface area (Å²) in [6.45, 7) is 0.540. The highest BCUT2D eigenvalue weighted by atomic mass is 16.2. The van der Waals surface area contributed by atoms with Crippen LogP contribution in [0.15, 0.2) is 30.3 Å². The van der Waals surface area contributed by atoms with Gasteiger partial charge in [-0.3, -0.25) is 14.9 Å². The average molecular weight is 240 g/mol. The van der Waals surface area contributed by atoms with E-state index >= 15 is 0 Å². The van der Waals surface area contributed by atoms with Crippen molar-refractivity contribution in [3.63, 3.8) is 0 Å². The first kappa shape index (κ1) is 10.9. The number of imide groups is 1. The number of benzene rings is 2. The van der Waals surface area contributed by atoms with E-state index in [1.165, 1.54) is 0 Å². The molecule has 0 unspecified atom stereocenters. The summed E-state index contributed by atoms with van der Waals surface area (Å²) in [7, 11) is 0. The van der Waals surface area contributed by atoms with Crippen LogP contribution >= 0.6 is 0 Å². The quantitative estimate of drug-likeness (QED) is 0.775. The number of carbonyl (C=O) groups is 2. The average Bonchev–Trinajstić information content (AvgIpc) is 2.37. The second kappa shape index (κ2) is 3.92. The summed E-state index contributed by atoms with van der Waals surface area (Å²) in [6, 6.07) is 9.16. The van der Waals surface area contributed by atoms with E-state index in [-0.39, 0.29) is 11.8 Å². The zero-order valence-electron chi connectivity index (χ0n) is 9.69. The molecule has 0 saturated heterocycles. The monoisotopic (exact) mass is 240 g/mol. The van der Waals surface area contributed by atoms with Crippen molar-refractivity contribution in [2.24, 2.45) is 5.73 Å². The van der Waals surface area contributed by atoms with Crippen molar-refractivity contribution < 1.29 is 9.59 Å². The summed E-state index contributed by atoms with van der Waals surface area (Å²) in [5.74, 6) is -0.661. The Morgan fingerprint density at radius 1 is 1.00 bits per heavy atom. The van der Waals surface area contributed by atoms with E-state index in [2.05, 4.69) is 5.32 Å². The van der Waals surface area contributed by atoms with E-state index in [4.69, 9.17) is 5.73 Å². The van der Waals surface area contributed by atoms with Crippen molar-refractivity contribution in [1.82, 2.24) is 5.32 Å². The highest BCUT2D eigenvalue weighted by Gasteiger charge is 2.25. The molecule has 1 aliphatic heterocycles. The zero-order valence-corrected chi connectivity index (χ0v) is 9.69. The van der Waals surface area contributed by atoms with E-state index in [0.717, 1.165) is 22.8 Å². The number of nitrogens with one attached hydrogen (secondary N) is 1. The van der Waals surface area contributed by atoms with Gasteiger partial charge in [0.25, 0.3) is 11.8 Å². The molecule has 0 aromatic heterocycles.